The molecule has 33 heavy (non-hydrogen) atoms. The molecule has 0 aliphatic carbocycles. The van der Waals surface area contributed by atoms with Gasteiger partial charge >= 0.3 is 0 Å². The molecule has 0 spiro atoms. The van der Waals surface area contributed by atoms with Gasteiger partial charge in [0.05, 0.1) is 22.8 Å². The third-order valence-electron chi connectivity index (χ3n) is 5.53. The van der Waals surface area contributed by atoms with E-state index >= 15 is 0 Å². The highest BCUT2D eigenvalue weighted by Gasteiger charge is 2.27. The molecule has 1 amide bonds. The molecule has 1 aromatic heterocycles. The Balaban J connectivity index is 1.56. The Labute approximate surface area is 198 Å². The Morgan fingerprint density at radius 1 is 1.27 bits per heavy atom. The molecule has 1 unspecified atom stereocenters. The second-order valence-corrected chi connectivity index (χ2v) is 8.64. The molecular formula is C23H24BrFN4O4. The van der Waals surface area contributed by atoms with E-state index in [0.29, 0.717) is 58.6 Å². The van der Waals surface area contributed by atoms with Gasteiger partial charge in [-0.3, -0.25) is 4.79 Å². The first kappa shape index (κ1) is 23.2. The van der Waals surface area contributed by atoms with E-state index in [2.05, 4.69) is 31.2 Å². The molecule has 174 valence electrons. The summed E-state index contributed by atoms with van der Waals surface area (Å²) < 4.78 is 26.5. The number of hydrogen-bond donors (Lipinski definition) is 2. The number of nitrogens with one attached hydrogen (secondary N) is 1. The lowest BCUT2D eigenvalue weighted by atomic mass is 10.1. The number of rotatable bonds is 6. The van der Waals surface area contributed by atoms with Gasteiger partial charge < -0.3 is 24.8 Å². The summed E-state index contributed by atoms with van der Waals surface area (Å²) in [5.74, 6) is 0.778. The highest BCUT2D eigenvalue weighted by atomic mass is 79.9. The summed E-state index contributed by atoms with van der Waals surface area (Å²) in [6.45, 7) is 2.50. The zero-order valence-electron chi connectivity index (χ0n) is 18.2. The fourth-order valence-electron chi connectivity index (χ4n) is 3.78. The summed E-state index contributed by atoms with van der Waals surface area (Å²) in [6.07, 6.45) is 1.56. The van der Waals surface area contributed by atoms with Gasteiger partial charge in [0.15, 0.2) is 17.3 Å². The van der Waals surface area contributed by atoms with Gasteiger partial charge in [-0.1, -0.05) is 6.07 Å². The summed E-state index contributed by atoms with van der Waals surface area (Å²) in [7, 11) is 1.54. The van der Waals surface area contributed by atoms with Gasteiger partial charge in [-0.05, 0) is 41.1 Å². The number of carbonyl (C=O) groups is 1. The fraction of sp³-hybridized carbons (Fsp3) is 0.348. The number of halogens is 2. The van der Waals surface area contributed by atoms with E-state index in [0.717, 1.165) is 0 Å². The maximum atomic E-state index is 14.4. The smallest absolute Gasteiger partial charge is 0.251 e. The predicted molar refractivity (Wildman–Crippen MR) is 125 cm³/mol. The summed E-state index contributed by atoms with van der Waals surface area (Å²) in [4.78, 5) is 22.2. The van der Waals surface area contributed by atoms with Gasteiger partial charge in [-0.2, -0.15) is 0 Å². The van der Waals surface area contributed by atoms with E-state index < -0.39 is 11.9 Å². The first-order valence-electron chi connectivity index (χ1n) is 10.5. The molecule has 2 heterocycles. The van der Waals surface area contributed by atoms with Crippen LogP contribution in [0.2, 0.25) is 0 Å². The number of likely N-dealkylation sites (tertiary alicyclic amines) is 1. The molecule has 1 atom stereocenters. The number of aliphatic hydroxyl groups excluding tert-OH is 1. The quantitative estimate of drug-likeness (QED) is 0.508. The molecule has 8 nitrogen and oxygen atoms in total. The van der Waals surface area contributed by atoms with Crippen LogP contribution >= 0.6 is 15.9 Å². The average Bonchev–Trinajstić information content (AvgIpc) is 2.81. The summed E-state index contributed by atoms with van der Waals surface area (Å²) in [5, 5.41) is 13.2. The van der Waals surface area contributed by atoms with Gasteiger partial charge in [0.2, 0.25) is 0 Å². The van der Waals surface area contributed by atoms with Crippen LogP contribution in [0.5, 0.6) is 11.5 Å². The third kappa shape index (κ3) is 5.01. The standard InChI is InChI=1S/C23H24BrFN4O4/c1-13(30)23(31)29-8-6-14(7-9-29)33-20-11-18-15(10-19(20)32-2)22(27-12-26-18)28-17-5-3-4-16(24)21(17)25/h3-5,10-14,30H,6-9H2,1-2H3,(H,26,27,28). The Kier molecular flexibility index (Phi) is 6.94. The lowest BCUT2D eigenvalue weighted by molar-refractivity contribution is -0.141. The Morgan fingerprint density at radius 2 is 2.03 bits per heavy atom. The molecule has 1 saturated heterocycles. The maximum Gasteiger partial charge on any atom is 0.251 e. The zero-order valence-corrected chi connectivity index (χ0v) is 19.8. The van der Waals surface area contributed by atoms with E-state index in [-0.39, 0.29) is 17.7 Å². The van der Waals surface area contributed by atoms with Crippen LogP contribution in [0.15, 0.2) is 41.1 Å². The predicted octanol–water partition coefficient (Wildman–Crippen LogP) is 4.03. The van der Waals surface area contributed by atoms with Crippen molar-refractivity contribution < 1.29 is 23.8 Å². The van der Waals surface area contributed by atoms with Crippen LogP contribution in [0.4, 0.5) is 15.9 Å². The Morgan fingerprint density at radius 3 is 2.73 bits per heavy atom. The number of benzene rings is 2. The Bertz CT molecular complexity index is 1170. The van der Waals surface area contributed by atoms with Crippen LogP contribution in [0, 0.1) is 5.82 Å². The van der Waals surface area contributed by atoms with Crippen molar-refractivity contribution in [2.75, 3.05) is 25.5 Å². The lowest BCUT2D eigenvalue weighted by Gasteiger charge is -2.33. The molecule has 3 aromatic rings. The monoisotopic (exact) mass is 518 g/mol. The molecule has 1 aliphatic heterocycles. The van der Waals surface area contributed by atoms with Crippen molar-refractivity contribution in [1.82, 2.24) is 14.9 Å². The van der Waals surface area contributed by atoms with Gasteiger partial charge in [-0.15, -0.1) is 0 Å². The number of ether oxygens (including phenoxy) is 2. The Hall–Kier alpha value is -2.98. The second-order valence-electron chi connectivity index (χ2n) is 7.79. The summed E-state index contributed by atoms with van der Waals surface area (Å²) in [5.41, 5.74) is 0.891. The van der Waals surface area contributed by atoms with Gasteiger partial charge in [0, 0.05) is 37.4 Å². The molecule has 2 N–H and O–H groups in total. The van der Waals surface area contributed by atoms with Crippen molar-refractivity contribution in [3.05, 3.63) is 46.9 Å². The number of nitrogens with zero attached hydrogens (tertiary/aromatic N) is 3. The average molecular weight is 519 g/mol. The van der Waals surface area contributed by atoms with Gasteiger partial charge in [-0.25, -0.2) is 14.4 Å². The molecule has 1 aliphatic rings. The fourth-order valence-corrected chi connectivity index (χ4v) is 4.15. The van der Waals surface area contributed by atoms with Crippen LogP contribution in [0.1, 0.15) is 19.8 Å². The number of anilines is 2. The summed E-state index contributed by atoms with van der Waals surface area (Å²) >= 11 is 3.19. The number of hydrogen-bond acceptors (Lipinski definition) is 7. The number of piperidine rings is 1. The first-order valence-corrected chi connectivity index (χ1v) is 11.3. The lowest BCUT2D eigenvalue weighted by Crippen LogP contribution is -2.45. The minimum absolute atomic E-state index is 0.107. The van der Waals surface area contributed by atoms with Crippen LogP contribution < -0.4 is 14.8 Å². The second kappa shape index (κ2) is 9.88. The number of carbonyl (C=O) groups excluding carboxylic acids is 1. The number of methoxy groups -OCH3 is 1. The zero-order chi connectivity index (χ0) is 23.5. The minimum atomic E-state index is -1.00. The molecular weight excluding hydrogens is 495 g/mol. The van der Waals surface area contributed by atoms with Crippen molar-refractivity contribution in [1.29, 1.82) is 0 Å². The van der Waals surface area contributed by atoms with E-state index in [1.54, 1.807) is 42.3 Å². The van der Waals surface area contributed by atoms with Crippen molar-refractivity contribution in [2.24, 2.45) is 0 Å². The van der Waals surface area contributed by atoms with E-state index in [4.69, 9.17) is 9.47 Å². The maximum absolute atomic E-state index is 14.4. The third-order valence-corrected chi connectivity index (χ3v) is 6.14. The molecule has 0 saturated carbocycles. The van der Waals surface area contributed by atoms with Crippen LogP contribution in [0.3, 0.4) is 0 Å². The van der Waals surface area contributed by atoms with E-state index in [1.165, 1.54) is 13.3 Å². The van der Waals surface area contributed by atoms with Crippen LogP contribution in [0.25, 0.3) is 10.9 Å². The molecule has 1 fully saturated rings. The topological polar surface area (TPSA) is 96.8 Å². The van der Waals surface area contributed by atoms with Crippen molar-refractivity contribution >= 4 is 44.2 Å². The van der Waals surface area contributed by atoms with Crippen LogP contribution in [-0.4, -0.2) is 58.3 Å². The van der Waals surface area contributed by atoms with E-state index in [9.17, 15) is 14.3 Å². The number of amides is 1. The highest BCUT2D eigenvalue weighted by Crippen LogP contribution is 2.36. The molecule has 2 aromatic carbocycles. The van der Waals surface area contributed by atoms with Gasteiger partial charge in [0.25, 0.3) is 5.91 Å². The minimum Gasteiger partial charge on any atom is -0.493 e. The molecule has 0 bridgehead atoms. The highest BCUT2D eigenvalue weighted by molar-refractivity contribution is 9.10. The number of fused-ring (bicyclic) bond motifs is 1. The molecule has 4 rings (SSSR count). The normalized spacial score (nSPS) is 15.4. The number of aliphatic hydroxyl groups is 1. The van der Waals surface area contributed by atoms with Crippen molar-refractivity contribution in [2.45, 2.75) is 32.0 Å². The largest absolute Gasteiger partial charge is 0.493 e. The van der Waals surface area contributed by atoms with Gasteiger partial charge in [0.1, 0.15) is 24.4 Å². The molecule has 0 radical (unpaired) electrons. The number of aromatic nitrogens is 2. The van der Waals surface area contributed by atoms with Crippen molar-refractivity contribution in [3.8, 4) is 11.5 Å². The van der Waals surface area contributed by atoms with Crippen LogP contribution in [-0.2, 0) is 4.79 Å². The first-order chi connectivity index (χ1) is 15.9. The molecule has 10 heteroatoms. The summed E-state index contributed by atoms with van der Waals surface area (Å²) in [6, 6.07) is 8.50. The SMILES string of the molecule is COc1cc2c(Nc3cccc(Br)c3F)ncnc2cc1OC1CCN(C(=O)C(C)O)CC1. The van der Waals surface area contributed by atoms with Crippen molar-refractivity contribution in [3.63, 3.8) is 0 Å². The van der Waals surface area contributed by atoms with E-state index in [1.807, 2.05) is 0 Å².